The third kappa shape index (κ3) is 5.78. The van der Waals surface area contributed by atoms with Gasteiger partial charge in [-0.3, -0.25) is 29.6 Å². The zero-order valence-electron chi connectivity index (χ0n) is 26.7. The van der Waals surface area contributed by atoms with Gasteiger partial charge >= 0.3 is 17.9 Å². The largest absolute Gasteiger partial charge is 0.454 e. The molecule has 0 aromatic heterocycles. The monoisotopic (exact) mass is 646 g/mol. The fourth-order valence-electron chi connectivity index (χ4n) is 7.37. The average molecular weight is 647 g/mol. The van der Waals surface area contributed by atoms with E-state index < -0.39 is 53.5 Å². The van der Waals surface area contributed by atoms with Crippen LogP contribution in [0.3, 0.4) is 0 Å². The van der Waals surface area contributed by atoms with E-state index in [0.29, 0.717) is 34.7 Å². The minimum atomic E-state index is -1.63. The number of hydrogen-bond donors (Lipinski definition) is 3. The molecule has 2 fully saturated rings. The lowest BCUT2D eigenvalue weighted by Gasteiger charge is -2.55. The van der Waals surface area contributed by atoms with Gasteiger partial charge in [-0.25, -0.2) is 0 Å². The Hall–Kier alpha value is -2.96. The van der Waals surface area contributed by atoms with Gasteiger partial charge in [0.25, 0.3) is 0 Å². The van der Waals surface area contributed by atoms with Gasteiger partial charge in [-0.15, -0.1) is 0 Å². The maximum Gasteiger partial charge on any atom is 0.323 e. The van der Waals surface area contributed by atoms with Gasteiger partial charge in [0.2, 0.25) is 0 Å². The second-order valence-electron chi connectivity index (χ2n) is 13.2. The summed E-state index contributed by atoms with van der Waals surface area (Å²) in [6.45, 7) is 10.3. The Morgan fingerprint density at radius 1 is 1.18 bits per heavy atom. The van der Waals surface area contributed by atoms with Crippen molar-refractivity contribution in [1.29, 1.82) is 0 Å². The zero-order chi connectivity index (χ0) is 33.0. The number of esters is 3. The summed E-state index contributed by atoms with van der Waals surface area (Å²) >= 11 is 6.42. The number of nitrogens with one attached hydrogen (secondary N) is 1. The Morgan fingerprint density at radius 3 is 2.56 bits per heavy atom. The van der Waals surface area contributed by atoms with E-state index in [9.17, 15) is 24.6 Å². The Kier molecular flexibility index (Phi) is 9.16. The molecule has 12 heteroatoms. The summed E-state index contributed by atoms with van der Waals surface area (Å²) in [5.41, 5.74) is -0.821. The highest BCUT2D eigenvalue weighted by atomic mass is 35.5. The van der Waals surface area contributed by atoms with Crippen LogP contribution in [0.2, 0.25) is 5.02 Å². The minimum absolute atomic E-state index is 0.0828. The minimum Gasteiger partial charge on any atom is -0.454 e. The van der Waals surface area contributed by atoms with Crippen LogP contribution in [0.5, 0.6) is 0 Å². The standard InChI is InChI=1S/C33H43ClN2O9/c1-16(2)29(38)42-15-18(4)21-12-11-19(5)33(41)23(21)13-17(3)27(43-20(6)37)28(33)44-30(39)25-14-32(40)22-9-8-10-24(34)26(22)36(7)45-31(32)35-25/h8-10,13,15-16,19,21,23,25,27-28,31,35,40-41H,11-12,14H2,1-7H3/b18-15+/t19-,21+,23-,25+,27-,28+,31-,32-,33-/m1/s1. The molecule has 1 aromatic rings. The number of hydroxylamine groups is 1. The number of benzene rings is 1. The SMILES string of the molecule is CC(=O)O[C@@H]1C(C)=C[C@@H]2[C@H](/C(C)=C/OC(=O)C(C)C)CC[C@@H](C)[C@]2(O)[C@H]1OC(=O)[C@@H]1C[C@@]2(O)c3cccc(Cl)c3N(C)O[C@H]2N1. The van der Waals surface area contributed by atoms with E-state index in [1.54, 1.807) is 46.0 Å². The van der Waals surface area contributed by atoms with E-state index in [1.165, 1.54) is 18.2 Å². The van der Waals surface area contributed by atoms with Crippen molar-refractivity contribution < 1.29 is 43.6 Å². The maximum absolute atomic E-state index is 13.9. The van der Waals surface area contributed by atoms with Crippen molar-refractivity contribution in [3.8, 4) is 0 Å². The van der Waals surface area contributed by atoms with Crippen molar-refractivity contribution in [3.63, 3.8) is 0 Å². The van der Waals surface area contributed by atoms with Crippen LogP contribution in [0.25, 0.3) is 0 Å². The highest BCUT2D eigenvalue weighted by molar-refractivity contribution is 6.33. The summed E-state index contributed by atoms with van der Waals surface area (Å²) < 4.78 is 17.3. The fourth-order valence-corrected chi connectivity index (χ4v) is 7.66. The van der Waals surface area contributed by atoms with Crippen LogP contribution in [-0.2, 0) is 39.0 Å². The van der Waals surface area contributed by atoms with E-state index in [-0.39, 0.29) is 30.1 Å². The summed E-state index contributed by atoms with van der Waals surface area (Å²) in [5.74, 6) is -3.10. The summed E-state index contributed by atoms with van der Waals surface area (Å²) in [5, 5.41) is 29.3. The normalized spacial score (nSPS) is 36.0. The first-order valence-electron chi connectivity index (χ1n) is 15.4. The summed E-state index contributed by atoms with van der Waals surface area (Å²) in [6.07, 6.45) is 1.26. The smallest absolute Gasteiger partial charge is 0.323 e. The average Bonchev–Trinajstić information content (AvgIpc) is 3.32. The van der Waals surface area contributed by atoms with Crippen molar-refractivity contribution in [2.24, 2.45) is 23.7 Å². The molecule has 2 aliphatic carbocycles. The molecule has 9 atom stereocenters. The van der Waals surface area contributed by atoms with E-state index in [0.717, 1.165) is 5.57 Å². The van der Waals surface area contributed by atoms with Gasteiger partial charge in [0.05, 0.1) is 22.9 Å². The molecule has 0 radical (unpaired) electrons. The van der Waals surface area contributed by atoms with Gasteiger partial charge in [-0.1, -0.05) is 50.6 Å². The Morgan fingerprint density at radius 2 is 1.89 bits per heavy atom. The molecule has 246 valence electrons. The number of ether oxygens (including phenoxy) is 3. The van der Waals surface area contributed by atoms with Crippen molar-refractivity contribution in [3.05, 3.63) is 52.3 Å². The molecule has 0 unspecified atom stereocenters. The molecule has 0 bridgehead atoms. The third-order valence-corrected chi connectivity index (χ3v) is 10.2. The number of carbonyl (C=O) groups excluding carboxylic acids is 3. The lowest BCUT2D eigenvalue weighted by molar-refractivity contribution is -0.221. The van der Waals surface area contributed by atoms with Crippen molar-refractivity contribution in [1.82, 2.24) is 5.32 Å². The molecule has 2 heterocycles. The third-order valence-electron chi connectivity index (χ3n) is 9.86. The number of fused-ring (bicyclic) bond motifs is 4. The van der Waals surface area contributed by atoms with Crippen LogP contribution >= 0.6 is 11.6 Å². The molecule has 45 heavy (non-hydrogen) atoms. The molecule has 11 nitrogen and oxygen atoms in total. The van der Waals surface area contributed by atoms with Crippen LogP contribution in [0.1, 0.15) is 66.4 Å². The molecule has 5 rings (SSSR count). The van der Waals surface area contributed by atoms with Crippen LogP contribution in [0.4, 0.5) is 5.69 Å². The summed E-state index contributed by atoms with van der Waals surface area (Å²) in [7, 11) is 1.66. The molecule has 1 aromatic carbocycles. The predicted octanol–water partition coefficient (Wildman–Crippen LogP) is 3.90. The first-order valence-corrected chi connectivity index (χ1v) is 15.8. The number of aliphatic hydroxyl groups is 2. The zero-order valence-corrected chi connectivity index (χ0v) is 27.5. The second-order valence-corrected chi connectivity index (χ2v) is 13.6. The van der Waals surface area contributed by atoms with Crippen LogP contribution < -0.4 is 10.4 Å². The quantitative estimate of drug-likeness (QED) is 0.179. The lowest BCUT2D eigenvalue weighted by atomic mass is 9.56. The molecule has 2 aliphatic heterocycles. The van der Waals surface area contributed by atoms with E-state index in [1.807, 2.05) is 19.9 Å². The molecular formula is C33H43ClN2O9. The van der Waals surface area contributed by atoms with Gasteiger partial charge in [-0.2, -0.15) is 0 Å². The Balaban J connectivity index is 1.46. The van der Waals surface area contributed by atoms with E-state index in [4.69, 9.17) is 30.6 Å². The number of rotatable bonds is 6. The number of carbonyl (C=O) groups is 3. The maximum atomic E-state index is 13.9. The number of halogens is 1. The van der Waals surface area contributed by atoms with Gasteiger partial charge < -0.3 is 24.4 Å². The first kappa shape index (κ1) is 33.4. The molecule has 0 spiro atoms. The van der Waals surface area contributed by atoms with Gasteiger partial charge in [0, 0.05) is 31.9 Å². The summed E-state index contributed by atoms with van der Waals surface area (Å²) in [4.78, 5) is 44.3. The first-order chi connectivity index (χ1) is 21.1. The molecule has 1 saturated heterocycles. The second kappa shape index (κ2) is 12.3. The van der Waals surface area contributed by atoms with Gasteiger partial charge in [0.15, 0.2) is 18.4 Å². The topological polar surface area (TPSA) is 144 Å². The van der Waals surface area contributed by atoms with Crippen molar-refractivity contribution in [2.45, 2.75) is 96.5 Å². The highest BCUT2D eigenvalue weighted by Crippen LogP contribution is 2.53. The molecule has 4 aliphatic rings. The fraction of sp³-hybridized carbons (Fsp3) is 0.606. The summed E-state index contributed by atoms with van der Waals surface area (Å²) in [6, 6.07) is 4.13. The number of para-hydroxylation sites is 1. The van der Waals surface area contributed by atoms with Crippen LogP contribution in [0, 0.1) is 23.7 Å². The Bertz CT molecular complexity index is 1430. The number of anilines is 1. The van der Waals surface area contributed by atoms with E-state index >= 15 is 0 Å². The van der Waals surface area contributed by atoms with Crippen LogP contribution in [-0.4, -0.2) is 65.2 Å². The molecular weight excluding hydrogens is 604 g/mol. The molecule has 0 amide bonds. The van der Waals surface area contributed by atoms with Gasteiger partial charge in [-0.05, 0) is 55.7 Å². The molecule has 1 saturated carbocycles. The number of nitrogens with zero attached hydrogens (tertiary/aromatic N) is 1. The number of allylic oxidation sites excluding steroid dienone is 1. The predicted molar refractivity (Wildman–Crippen MR) is 164 cm³/mol. The lowest BCUT2D eigenvalue weighted by Crippen LogP contribution is -2.66. The Labute approximate surface area is 268 Å². The highest BCUT2D eigenvalue weighted by Gasteiger charge is 2.62. The van der Waals surface area contributed by atoms with Crippen LogP contribution in [0.15, 0.2) is 41.7 Å². The molecule has 3 N–H and O–H groups in total. The van der Waals surface area contributed by atoms with Crippen molar-refractivity contribution >= 4 is 35.2 Å². The van der Waals surface area contributed by atoms with Gasteiger partial charge in [0.1, 0.15) is 17.2 Å². The van der Waals surface area contributed by atoms with Crippen molar-refractivity contribution in [2.75, 3.05) is 12.1 Å². The number of hydrogen-bond acceptors (Lipinski definition) is 11. The van der Waals surface area contributed by atoms with E-state index in [2.05, 4.69) is 5.32 Å².